The first kappa shape index (κ1) is 18.5. The molecular weight excluding hydrogens is 427 g/mol. The standard InChI is InChI=1S/C15H10BrF5N4O/c1-2-8-5-9(26-15(19,20)21)3-4-10(8)11-7-25-12(6-22-11)23-24-13(25)14(16,17)18/h3-7H,2H2,1H3. The van der Waals surface area contributed by atoms with Gasteiger partial charge >= 0.3 is 11.2 Å². The first-order valence-corrected chi connectivity index (χ1v) is 8.05. The number of hydrogen-bond donors (Lipinski definition) is 0. The van der Waals surface area contributed by atoms with Gasteiger partial charge in [0.15, 0.2) is 5.65 Å². The van der Waals surface area contributed by atoms with E-state index in [0.29, 0.717) is 17.5 Å². The molecule has 0 atom stereocenters. The summed E-state index contributed by atoms with van der Waals surface area (Å²) in [4.78, 5) is 0.739. The van der Waals surface area contributed by atoms with Crippen LogP contribution in [0.3, 0.4) is 0 Å². The molecule has 2 heterocycles. The molecule has 0 radical (unpaired) electrons. The molecule has 3 aromatic rings. The highest BCUT2D eigenvalue weighted by Gasteiger charge is 2.34. The average Bonchev–Trinajstić information content (AvgIpc) is 2.96. The van der Waals surface area contributed by atoms with Crippen LogP contribution >= 0.6 is 15.9 Å². The predicted octanol–water partition coefficient (Wildman–Crippen LogP) is 4.70. The summed E-state index contributed by atoms with van der Waals surface area (Å²) in [6, 6.07) is 3.77. The Bertz CT molecular complexity index is 951. The van der Waals surface area contributed by atoms with Gasteiger partial charge in [-0.05, 0) is 46.1 Å². The van der Waals surface area contributed by atoms with Crippen LogP contribution in [0.5, 0.6) is 5.75 Å². The molecule has 11 heteroatoms. The summed E-state index contributed by atoms with van der Waals surface area (Å²) < 4.78 is 69.2. The van der Waals surface area contributed by atoms with Crippen molar-refractivity contribution in [3.05, 3.63) is 42.0 Å². The Balaban J connectivity index is 2.08. The number of halogens is 6. The number of hydrogen-bond acceptors (Lipinski definition) is 4. The summed E-state index contributed by atoms with van der Waals surface area (Å²) in [6.07, 6.45) is -1.86. The second-order valence-electron chi connectivity index (χ2n) is 5.24. The van der Waals surface area contributed by atoms with Crippen LogP contribution in [-0.4, -0.2) is 25.9 Å². The fourth-order valence-electron chi connectivity index (χ4n) is 2.44. The lowest BCUT2D eigenvalue weighted by Crippen LogP contribution is -2.17. The maximum absolute atomic E-state index is 13.6. The molecule has 0 unspecified atom stereocenters. The van der Waals surface area contributed by atoms with Crippen molar-refractivity contribution in [2.45, 2.75) is 24.5 Å². The molecule has 0 saturated heterocycles. The van der Waals surface area contributed by atoms with Gasteiger partial charge in [-0.25, -0.2) is 0 Å². The highest BCUT2D eigenvalue weighted by atomic mass is 79.9. The summed E-state index contributed by atoms with van der Waals surface area (Å²) in [5.74, 6) is -0.998. The van der Waals surface area contributed by atoms with E-state index in [1.807, 2.05) is 0 Å². The second kappa shape index (κ2) is 6.45. The van der Waals surface area contributed by atoms with Gasteiger partial charge in [0.1, 0.15) is 5.75 Å². The fourth-order valence-corrected chi connectivity index (χ4v) is 2.71. The molecule has 1 aromatic carbocycles. The molecule has 2 aromatic heterocycles. The number of aromatic nitrogens is 4. The molecule has 3 rings (SSSR count). The quantitative estimate of drug-likeness (QED) is 0.439. The first-order chi connectivity index (χ1) is 12.1. The van der Waals surface area contributed by atoms with Crippen molar-refractivity contribution in [3.63, 3.8) is 0 Å². The molecule has 0 aliphatic heterocycles. The van der Waals surface area contributed by atoms with E-state index in [-0.39, 0.29) is 17.1 Å². The Hall–Kier alpha value is -2.30. The SMILES string of the molecule is CCc1cc(OC(F)(F)F)ccc1-c1cn2c(C(F)(F)Br)nnc2cn1. The van der Waals surface area contributed by atoms with Crippen LogP contribution in [0.1, 0.15) is 18.3 Å². The molecule has 0 spiro atoms. The minimum Gasteiger partial charge on any atom is -0.406 e. The van der Waals surface area contributed by atoms with E-state index < -0.39 is 17.0 Å². The van der Waals surface area contributed by atoms with Crippen LogP contribution < -0.4 is 4.74 Å². The highest BCUT2D eigenvalue weighted by Crippen LogP contribution is 2.34. The minimum atomic E-state index is -4.80. The predicted molar refractivity (Wildman–Crippen MR) is 85.1 cm³/mol. The fraction of sp³-hybridized carbons (Fsp3) is 0.267. The van der Waals surface area contributed by atoms with Crippen molar-refractivity contribution in [1.82, 2.24) is 19.6 Å². The number of aryl methyl sites for hydroxylation is 1. The highest BCUT2D eigenvalue weighted by molar-refractivity contribution is 9.09. The molecule has 0 N–H and O–H groups in total. The van der Waals surface area contributed by atoms with E-state index in [2.05, 4.69) is 35.8 Å². The lowest BCUT2D eigenvalue weighted by Gasteiger charge is -2.13. The molecule has 0 fully saturated rings. The van der Waals surface area contributed by atoms with Crippen molar-refractivity contribution >= 4 is 21.6 Å². The Labute approximate surface area is 152 Å². The normalized spacial score (nSPS) is 12.6. The van der Waals surface area contributed by atoms with E-state index in [0.717, 1.165) is 10.5 Å². The Morgan fingerprint density at radius 1 is 1.15 bits per heavy atom. The lowest BCUT2D eigenvalue weighted by molar-refractivity contribution is -0.274. The monoisotopic (exact) mass is 436 g/mol. The molecule has 0 amide bonds. The van der Waals surface area contributed by atoms with Gasteiger partial charge in [0.05, 0.1) is 11.9 Å². The smallest absolute Gasteiger partial charge is 0.406 e. The summed E-state index contributed by atoms with van der Waals surface area (Å²) >= 11 is 2.23. The maximum Gasteiger partial charge on any atom is 0.573 e. The van der Waals surface area contributed by atoms with Crippen molar-refractivity contribution in [3.8, 4) is 17.0 Å². The van der Waals surface area contributed by atoms with Crippen LogP contribution in [0.4, 0.5) is 22.0 Å². The average molecular weight is 437 g/mol. The minimum absolute atomic E-state index is 0.109. The lowest BCUT2D eigenvalue weighted by atomic mass is 10.0. The van der Waals surface area contributed by atoms with Crippen LogP contribution in [0.15, 0.2) is 30.6 Å². The van der Waals surface area contributed by atoms with Gasteiger partial charge in [-0.3, -0.25) is 9.38 Å². The van der Waals surface area contributed by atoms with E-state index in [1.54, 1.807) is 6.92 Å². The third-order valence-electron chi connectivity index (χ3n) is 3.51. The van der Waals surface area contributed by atoms with Crippen LogP contribution in [0.25, 0.3) is 16.9 Å². The van der Waals surface area contributed by atoms with E-state index >= 15 is 0 Å². The molecule has 5 nitrogen and oxygen atoms in total. The van der Waals surface area contributed by atoms with Crippen LogP contribution in [0, 0.1) is 0 Å². The Morgan fingerprint density at radius 2 is 1.88 bits per heavy atom. The molecule has 0 aliphatic rings. The molecular formula is C15H10BrF5N4O. The van der Waals surface area contributed by atoms with Gasteiger partial charge in [-0.2, -0.15) is 8.78 Å². The summed E-state index contributed by atoms with van der Waals surface area (Å²) in [6.45, 7) is 1.74. The van der Waals surface area contributed by atoms with Gasteiger partial charge < -0.3 is 4.74 Å². The molecule has 0 saturated carbocycles. The van der Waals surface area contributed by atoms with Gasteiger partial charge in [-0.1, -0.05) is 6.92 Å². The second-order valence-corrected chi connectivity index (χ2v) is 6.24. The molecule has 138 valence electrons. The molecule has 0 aliphatic carbocycles. The zero-order valence-electron chi connectivity index (χ0n) is 13.1. The van der Waals surface area contributed by atoms with Gasteiger partial charge in [0.25, 0.3) is 0 Å². The third-order valence-corrected chi connectivity index (χ3v) is 3.87. The number of ether oxygens (including phenoxy) is 1. The Morgan fingerprint density at radius 3 is 2.50 bits per heavy atom. The third kappa shape index (κ3) is 3.76. The van der Waals surface area contributed by atoms with Crippen LogP contribution in [0.2, 0.25) is 0 Å². The zero-order chi connectivity index (χ0) is 19.1. The number of nitrogens with zero attached hydrogens (tertiary/aromatic N) is 4. The van der Waals surface area contributed by atoms with Gasteiger partial charge in [0, 0.05) is 11.8 Å². The number of rotatable bonds is 4. The molecule has 26 heavy (non-hydrogen) atoms. The summed E-state index contributed by atoms with van der Waals surface area (Å²) in [5.41, 5.74) is 1.39. The number of benzene rings is 1. The van der Waals surface area contributed by atoms with Crippen molar-refractivity contribution < 1.29 is 26.7 Å². The molecule has 0 bridgehead atoms. The maximum atomic E-state index is 13.6. The van der Waals surface area contributed by atoms with E-state index in [4.69, 9.17) is 0 Å². The largest absolute Gasteiger partial charge is 0.573 e. The van der Waals surface area contributed by atoms with E-state index in [9.17, 15) is 22.0 Å². The van der Waals surface area contributed by atoms with Crippen molar-refractivity contribution in [1.29, 1.82) is 0 Å². The summed E-state index contributed by atoms with van der Waals surface area (Å²) in [5, 5.41) is 7.04. The van der Waals surface area contributed by atoms with E-state index in [1.165, 1.54) is 24.5 Å². The zero-order valence-corrected chi connectivity index (χ0v) is 14.6. The van der Waals surface area contributed by atoms with Gasteiger partial charge in [-0.15, -0.1) is 23.4 Å². The van der Waals surface area contributed by atoms with Crippen molar-refractivity contribution in [2.24, 2.45) is 0 Å². The first-order valence-electron chi connectivity index (χ1n) is 7.25. The topological polar surface area (TPSA) is 52.3 Å². The Kier molecular flexibility index (Phi) is 4.59. The van der Waals surface area contributed by atoms with Crippen molar-refractivity contribution in [2.75, 3.05) is 0 Å². The number of alkyl halides is 6. The summed E-state index contributed by atoms with van der Waals surface area (Å²) in [7, 11) is 0. The van der Waals surface area contributed by atoms with Gasteiger partial charge in [0.2, 0.25) is 5.82 Å². The van der Waals surface area contributed by atoms with Crippen LogP contribution in [-0.2, 0) is 11.3 Å². The number of fused-ring (bicyclic) bond motifs is 1.